The van der Waals surface area contributed by atoms with E-state index in [4.69, 9.17) is 4.74 Å². The quantitative estimate of drug-likeness (QED) is 0.552. The molecule has 2 heterocycles. The molecule has 1 N–H and O–H groups in total. The molecule has 2 aromatic carbocycles. The van der Waals surface area contributed by atoms with Crippen molar-refractivity contribution < 1.29 is 13.9 Å². The van der Waals surface area contributed by atoms with Gasteiger partial charge >= 0.3 is 0 Å². The Balaban J connectivity index is 1.47. The van der Waals surface area contributed by atoms with E-state index in [1.54, 1.807) is 13.2 Å². The van der Waals surface area contributed by atoms with Gasteiger partial charge in [-0.1, -0.05) is 37.3 Å². The molecule has 1 saturated heterocycles. The highest BCUT2D eigenvalue weighted by Gasteiger charge is 2.21. The highest BCUT2D eigenvalue weighted by molar-refractivity contribution is 7.21. The van der Waals surface area contributed by atoms with Crippen molar-refractivity contribution in [2.24, 2.45) is 0 Å². The van der Waals surface area contributed by atoms with Crippen molar-refractivity contribution in [1.82, 2.24) is 15.1 Å². The zero-order chi connectivity index (χ0) is 22.5. The summed E-state index contributed by atoms with van der Waals surface area (Å²) in [6, 6.07) is 13.2. The maximum atomic E-state index is 14.4. The lowest BCUT2D eigenvalue weighted by Crippen LogP contribution is -2.45. The number of methoxy groups -OCH3 is 1. The molecule has 0 aliphatic carbocycles. The van der Waals surface area contributed by atoms with Gasteiger partial charge in [-0.3, -0.25) is 9.69 Å². The van der Waals surface area contributed by atoms with Gasteiger partial charge in [0.15, 0.2) is 0 Å². The van der Waals surface area contributed by atoms with E-state index in [1.165, 1.54) is 23.0 Å². The Morgan fingerprint density at radius 2 is 1.78 bits per heavy atom. The van der Waals surface area contributed by atoms with Crippen LogP contribution in [0.15, 0.2) is 42.5 Å². The molecule has 32 heavy (non-hydrogen) atoms. The first-order valence-corrected chi connectivity index (χ1v) is 11.9. The number of thiophene rings is 1. The molecule has 3 aromatic rings. The summed E-state index contributed by atoms with van der Waals surface area (Å²) in [6.45, 7) is 9.13. The van der Waals surface area contributed by atoms with Gasteiger partial charge in [0.2, 0.25) is 0 Å². The normalized spacial score (nSPS) is 15.3. The number of ether oxygens (including phenoxy) is 1. The minimum atomic E-state index is -0.321. The fraction of sp³-hybridized carbons (Fsp3) is 0.400. The van der Waals surface area contributed by atoms with Crippen molar-refractivity contribution in [2.45, 2.75) is 26.6 Å². The number of likely N-dealkylation sites (N-methyl/N-ethyl adjacent to an activating group) is 1. The van der Waals surface area contributed by atoms with Crippen LogP contribution in [0.4, 0.5) is 4.39 Å². The highest BCUT2D eigenvalue weighted by Crippen LogP contribution is 2.33. The molecule has 1 fully saturated rings. The van der Waals surface area contributed by atoms with Gasteiger partial charge < -0.3 is 15.0 Å². The van der Waals surface area contributed by atoms with Gasteiger partial charge in [-0.05, 0) is 29.8 Å². The van der Waals surface area contributed by atoms with E-state index in [9.17, 15) is 9.18 Å². The Labute approximate surface area is 192 Å². The number of nitrogens with one attached hydrogen (secondary N) is 1. The van der Waals surface area contributed by atoms with E-state index in [1.807, 2.05) is 12.1 Å². The average Bonchev–Trinajstić information content (AvgIpc) is 3.19. The van der Waals surface area contributed by atoms with Gasteiger partial charge in [-0.2, -0.15) is 0 Å². The van der Waals surface area contributed by atoms with Crippen LogP contribution < -0.4 is 5.32 Å². The van der Waals surface area contributed by atoms with Gasteiger partial charge in [0, 0.05) is 62.0 Å². The van der Waals surface area contributed by atoms with Crippen LogP contribution in [0.25, 0.3) is 10.1 Å². The van der Waals surface area contributed by atoms with Gasteiger partial charge in [-0.15, -0.1) is 11.3 Å². The van der Waals surface area contributed by atoms with Crippen LogP contribution in [0.2, 0.25) is 0 Å². The van der Waals surface area contributed by atoms with E-state index < -0.39 is 0 Å². The zero-order valence-corrected chi connectivity index (χ0v) is 19.5. The number of carbonyl (C=O) groups excluding carboxylic acids is 1. The molecule has 0 radical (unpaired) electrons. The third-order valence-corrected chi connectivity index (χ3v) is 7.32. The number of carbonyl (C=O) groups is 1. The predicted octanol–water partition coefficient (Wildman–Crippen LogP) is 4.25. The number of piperazine rings is 1. The summed E-state index contributed by atoms with van der Waals surface area (Å²) < 4.78 is 20.5. The van der Waals surface area contributed by atoms with E-state index in [0.29, 0.717) is 22.4 Å². The van der Waals surface area contributed by atoms with Gasteiger partial charge in [0.25, 0.3) is 5.91 Å². The summed E-state index contributed by atoms with van der Waals surface area (Å²) in [5, 5.41) is 3.54. The number of halogens is 1. The Hall–Kier alpha value is -2.32. The Morgan fingerprint density at radius 1 is 1.06 bits per heavy atom. The van der Waals surface area contributed by atoms with Crippen LogP contribution in [0, 0.1) is 5.82 Å². The number of rotatable bonds is 8. The largest absolute Gasteiger partial charge is 0.380 e. The lowest BCUT2D eigenvalue weighted by molar-refractivity contribution is 0.0950. The number of hydrogen-bond acceptors (Lipinski definition) is 5. The Bertz CT molecular complexity index is 1080. The first-order chi connectivity index (χ1) is 15.6. The first-order valence-electron chi connectivity index (χ1n) is 11.1. The molecule has 1 amide bonds. The number of benzene rings is 2. The molecule has 0 unspecified atom stereocenters. The third kappa shape index (κ3) is 5.02. The molecule has 4 rings (SSSR count). The molecule has 1 aliphatic heterocycles. The van der Waals surface area contributed by atoms with Crippen molar-refractivity contribution >= 4 is 27.3 Å². The predicted molar refractivity (Wildman–Crippen MR) is 127 cm³/mol. The number of fused-ring (bicyclic) bond motifs is 1. The van der Waals surface area contributed by atoms with Gasteiger partial charge in [0.1, 0.15) is 5.82 Å². The van der Waals surface area contributed by atoms with Crippen LogP contribution in [-0.4, -0.2) is 55.5 Å². The van der Waals surface area contributed by atoms with Crippen LogP contribution >= 0.6 is 11.3 Å². The molecule has 1 aromatic heterocycles. The van der Waals surface area contributed by atoms with Gasteiger partial charge in [-0.25, -0.2) is 4.39 Å². The SMILES string of the molecule is CCN1CCN(Cc2ccccc2CNC(=O)c2sc3cccc(F)c3c2COC)CC1. The molecule has 0 spiro atoms. The fourth-order valence-electron chi connectivity index (χ4n) is 4.28. The summed E-state index contributed by atoms with van der Waals surface area (Å²) in [7, 11) is 1.56. The van der Waals surface area contributed by atoms with Crippen LogP contribution in [-0.2, 0) is 24.4 Å². The molecule has 5 nitrogen and oxygen atoms in total. The number of amides is 1. The highest BCUT2D eigenvalue weighted by atomic mass is 32.1. The number of nitrogens with zero attached hydrogens (tertiary/aromatic N) is 2. The Morgan fingerprint density at radius 3 is 2.50 bits per heavy atom. The molecule has 0 saturated carbocycles. The smallest absolute Gasteiger partial charge is 0.262 e. The molecule has 0 atom stereocenters. The minimum absolute atomic E-state index is 0.191. The van der Waals surface area contributed by atoms with Crippen molar-refractivity contribution in [3.05, 3.63) is 69.8 Å². The molecule has 7 heteroatoms. The maximum Gasteiger partial charge on any atom is 0.262 e. The monoisotopic (exact) mass is 455 g/mol. The fourth-order valence-corrected chi connectivity index (χ4v) is 5.42. The summed E-state index contributed by atoms with van der Waals surface area (Å²) in [4.78, 5) is 18.5. The lowest BCUT2D eigenvalue weighted by Gasteiger charge is -2.34. The average molecular weight is 456 g/mol. The minimum Gasteiger partial charge on any atom is -0.380 e. The van der Waals surface area contributed by atoms with E-state index in [-0.39, 0.29) is 18.3 Å². The summed E-state index contributed by atoms with van der Waals surface area (Å²) >= 11 is 1.31. The molecule has 0 bridgehead atoms. The summed E-state index contributed by atoms with van der Waals surface area (Å²) in [5.74, 6) is -0.512. The second kappa shape index (κ2) is 10.5. The second-order valence-electron chi connectivity index (χ2n) is 8.12. The van der Waals surface area contributed by atoms with E-state index in [2.05, 4.69) is 40.2 Å². The lowest BCUT2D eigenvalue weighted by atomic mass is 10.1. The maximum absolute atomic E-state index is 14.4. The number of hydrogen-bond donors (Lipinski definition) is 1. The topological polar surface area (TPSA) is 44.8 Å². The van der Waals surface area contributed by atoms with Crippen LogP contribution in [0.1, 0.15) is 33.3 Å². The van der Waals surface area contributed by atoms with Crippen molar-refractivity contribution in [1.29, 1.82) is 0 Å². The van der Waals surface area contributed by atoms with Crippen LogP contribution in [0.3, 0.4) is 0 Å². The van der Waals surface area contributed by atoms with E-state index in [0.717, 1.165) is 49.5 Å². The summed E-state index contributed by atoms with van der Waals surface area (Å²) in [5.41, 5.74) is 2.96. The molecule has 1 aliphatic rings. The molecular weight excluding hydrogens is 425 g/mol. The Kier molecular flexibility index (Phi) is 7.52. The van der Waals surface area contributed by atoms with Gasteiger partial charge in [0.05, 0.1) is 11.5 Å². The molecular formula is C25H30FN3O2S. The van der Waals surface area contributed by atoms with E-state index >= 15 is 0 Å². The molecule has 170 valence electrons. The van der Waals surface area contributed by atoms with Crippen molar-refractivity contribution in [3.8, 4) is 0 Å². The second-order valence-corrected chi connectivity index (χ2v) is 9.17. The third-order valence-electron chi connectivity index (χ3n) is 6.12. The standard InChI is InChI=1S/C25H30FN3O2S/c1-3-28-11-13-29(14-12-28)16-19-8-5-4-7-18(19)15-27-25(30)24-20(17-31-2)23-21(26)9-6-10-22(23)32-24/h4-10H,3,11-17H2,1-2H3,(H,27,30). The van der Waals surface area contributed by atoms with Crippen molar-refractivity contribution in [2.75, 3.05) is 39.8 Å². The van der Waals surface area contributed by atoms with Crippen molar-refractivity contribution in [3.63, 3.8) is 0 Å². The van der Waals surface area contributed by atoms with Crippen LogP contribution in [0.5, 0.6) is 0 Å². The first kappa shape index (κ1) is 22.9. The summed E-state index contributed by atoms with van der Waals surface area (Å²) in [6.07, 6.45) is 0. The zero-order valence-electron chi connectivity index (χ0n) is 18.7.